The molecule has 0 fully saturated rings. The van der Waals surface area contributed by atoms with E-state index in [1.54, 1.807) is 0 Å². The standard InChI is InChI=1S/C26H25N3O3.ClH/c1-2-7-20(8-3-1)32-21-10-11-22-23(12-15-29-24(22)16-21)28-14-5-13-27-17-19-6-4-9-25-26(19)31-18-30-25;/h1-4,6-12,15-16,27H,5,13-14,17-18H2,(H,28,29);1H. The van der Waals surface area contributed by atoms with Gasteiger partial charge < -0.3 is 24.8 Å². The van der Waals surface area contributed by atoms with Crippen LogP contribution in [0, 0.1) is 0 Å². The van der Waals surface area contributed by atoms with Gasteiger partial charge in [0, 0.05) is 42.0 Å². The lowest BCUT2D eigenvalue weighted by atomic mass is 10.1. The monoisotopic (exact) mass is 463 g/mol. The van der Waals surface area contributed by atoms with Gasteiger partial charge in [-0.2, -0.15) is 0 Å². The van der Waals surface area contributed by atoms with Crippen LogP contribution in [-0.2, 0) is 6.54 Å². The molecule has 1 aromatic heterocycles. The van der Waals surface area contributed by atoms with Gasteiger partial charge in [0.1, 0.15) is 11.5 Å². The molecule has 6 nitrogen and oxygen atoms in total. The lowest BCUT2D eigenvalue weighted by Crippen LogP contribution is -2.18. The van der Waals surface area contributed by atoms with Crippen LogP contribution in [0.4, 0.5) is 5.69 Å². The van der Waals surface area contributed by atoms with Crippen molar-refractivity contribution in [2.24, 2.45) is 0 Å². The molecule has 0 aliphatic carbocycles. The summed E-state index contributed by atoms with van der Waals surface area (Å²) in [7, 11) is 0. The summed E-state index contributed by atoms with van der Waals surface area (Å²) in [5.74, 6) is 3.28. The van der Waals surface area contributed by atoms with Crippen molar-refractivity contribution < 1.29 is 14.2 Å². The molecular weight excluding hydrogens is 438 g/mol. The summed E-state index contributed by atoms with van der Waals surface area (Å²) < 4.78 is 16.9. The third kappa shape index (κ3) is 5.48. The van der Waals surface area contributed by atoms with Crippen LogP contribution in [0.1, 0.15) is 12.0 Å². The van der Waals surface area contributed by atoms with E-state index in [0.717, 1.165) is 71.2 Å². The van der Waals surface area contributed by atoms with Crippen LogP contribution < -0.4 is 24.8 Å². The van der Waals surface area contributed by atoms with Gasteiger partial charge in [0.25, 0.3) is 0 Å². The van der Waals surface area contributed by atoms with Crippen LogP contribution in [0.5, 0.6) is 23.0 Å². The quantitative estimate of drug-likeness (QED) is 0.307. The van der Waals surface area contributed by atoms with Crippen molar-refractivity contribution in [2.45, 2.75) is 13.0 Å². The number of halogens is 1. The maximum atomic E-state index is 5.93. The first kappa shape index (κ1) is 22.7. The van der Waals surface area contributed by atoms with Crippen LogP contribution >= 0.6 is 12.4 Å². The maximum absolute atomic E-state index is 5.93. The summed E-state index contributed by atoms with van der Waals surface area (Å²) in [6.45, 7) is 2.82. The number of para-hydroxylation sites is 2. The Balaban J connectivity index is 0.00000259. The van der Waals surface area contributed by atoms with Crippen molar-refractivity contribution >= 4 is 29.0 Å². The van der Waals surface area contributed by atoms with Gasteiger partial charge in [-0.3, -0.25) is 4.98 Å². The molecule has 2 heterocycles. The molecule has 7 heteroatoms. The minimum Gasteiger partial charge on any atom is -0.457 e. The van der Waals surface area contributed by atoms with Crippen LogP contribution in [-0.4, -0.2) is 24.9 Å². The van der Waals surface area contributed by atoms with E-state index in [9.17, 15) is 0 Å². The molecule has 0 saturated carbocycles. The van der Waals surface area contributed by atoms with E-state index in [-0.39, 0.29) is 12.4 Å². The fourth-order valence-corrected chi connectivity index (χ4v) is 3.76. The van der Waals surface area contributed by atoms with Gasteiger partial charge in [0.05, 0.1) is 5.52 Å². The third-order valence-corrected chi connectivity index (χ3v) is 5.33. The second-order valence-corrected chi connectivity index (χ2v) is 7.56. The molecule has 33 heavy (non-hydrogen) atoms. The van der Waals surface area contributed by atoms with Gasteiger partial charge in [0.2, 0.25) is 6.79 Å². The number of nitrogens with one attached hydrogen (secondary N) is 2. The van der Waals surface area contributed by atoms with E-state index in [4.69, 9.17) is 14.2 Å². The zero-order valence-corrected chi connectivity index (χ0v) is 18.9. The Bertz CT molecular complexity index is 1200. The van der Waals surface area contributed by atoms with E-state index in [0.29, 0.717) is 6.79 Å². The SMILES string of the molecule is Cl.c1ccc(Oc2ccc3c(NCCCNCc4cccc5c4OCO5)ccnc3c2)cc1. The lowest BCUT2D eigenvalue weighted by molar-refractivity contribution is 0.173. The molecule has 0 radical (unpaired) electrons. The first-order valence-corrected chi connectivity index (χ1v) is 10.8. The number of rotatable bonds is 9. The highest BCUT2D eigenvalue weighted by Crippen LogP contribution is 2.35. The minimum atomic E-state index is 0. The van der Waals surface area contributed by atoms with Gasteiger partial charge in [-0.15, -0.1) is 12.4 Å². The fourth-order valence-electron chi connectivity index (χ4n) is 3.76. The molecule has 0 bridgehead atoms. The number of anilines is 1. The van der Waals surface area contributed by atoms with Gasteiger partial charge in [-0.05, 0) is 49.4 Å². The first-order chi connectivity index (χ1) is 15.9. The molecule has 0 amide bonds. The molecule has 0 unspecified atom stereocenters. The molecule has 1 aliphatic heterocycles. The van der Waals surface area contributed by atoms with E-state index in [2.05, 4.69) is 27.8 Å². The average molecular weight is 464 g/mol. The predicted octanol–water partition coefficient (Wildman–Crippen LogP) is 5.77. The zero-order valence-electron chi connectivity index (χ0n) is 18.1. The smallest absolute Gasteiger partial charge is 0.231 e. The Labute approximate surface area is 199 Å². The van der Waals surface area contributed by atoms with Crippen molar-refractivity contribution in [2.75, 3.05) is 25.2 Å². The largest absolute Gasteiger partial charge is 0.457 e. The van der Waals surface area contributed by atoms with E-state index in [1.807, 2.05) is 66.9 Å². The third-order valence-electron chi connectivity index (χ3n) is 5.33. The van der Waals surface area contributed by atoms with Crippen LogP contribution in [0.25, 0.3) is 10.9 Å². The Morgan fingerprint density at radius 2 is 1.79 bits per heavy atom. The molecule has 5 rings (SSSR count). The van der Waals surface area contributed by atoms with Gasteiger partial charge in [-0.25, -0.2) is 0 Å². The molecule has 0 spiro atoms. The van der Waals surface area contributed by atoms with Crippen molar-refractivity contribution in [3.05, 3.63) is 84.6 Å². The highest BCUT2D eigenvalue weighted by Gasteiger charge is 2.16. The number of benzene rings is 3. The van der Waals surface area contributed by atoms with Gasteiger partial charge in [0.15, 0.2) is 11.5 Å². The summed E-state index contributed by atoms with van der Waals surface area (Å²) >= 11 is 0. The summed E-state index contributed by atoms with van der Waals surface area (Å²) in [5, 5.41) is 8.09. The Morgan fingerprint density at radius 1 is 0.879 bits per heavy atom. The van der Waals surface area contributed by atoms with Crippen molar-refractivity contribution in [1.82, 2.24) is 10.3 Å². The molecule has 4 aromatic rings. The zero-order chi connectivity index (χ0) is 21.6. The van der Waals surface area contributed by atoms with E-state index >= 15 is 0 Å². The van der Waals surface area contributed by atoms with Crippen LogP contribution in [0.15, 0.2) is 79.0 Å². The molecule has 170 valence electrons. The molecule has 0 atom stereocenters. The number of pyridine rings is 1. The highest BCUT2D eigenvalue weighted by atomic mass is 35.5. The van der Waals surface area contributed by atoms with Crippen molar-refractivity contribution in [3.8, 4) is 23.0 Å². The van der Waals surface area contributed by atoms with E-state index < -0.39 is 0 Å². The molecule has 1 aliphatic rings. The number of ether oxygens (including phenoxy) is 3. The van der Waals surface area contributed by atoms with Gasteiger partial charge in [-0.1, -0.05) is 30.3 Å². The predicted molar refractivity (Wildman–Crippen MR) is 133 cm³/mol. The number of nitrogens with zero attached hydrogens (tertiary/aromatic N) is 1. The topological polar surface area (TPSA) is 64.6 Å². The summed E-state index contributed by atoms with van der Waals surface area (Å²) in [6.07, 6.45) is 2.82. The van der Waals surface area contributed by atoms with Crippen LogP contribution in [0.2, 0.25) is 0 Å². The normalized spacial score (nSPS) is 11.8. The minimum absolute atomic E-state index is 0. The molecule has 0 saturated heterocycles. The highest BCUT2D eigenvalue weighted by molar-refractivity contribution is 5.91. The molecular formula is C26H26ClN3O3. The summed E-state index contributed by atoms with van der Waals surface area (Å²) in [5.41, 5.74) is 3.11. The first-order valence-electron chi connectivity index (χ1n) is 10.8. The number of hydrogen-bond donors (Lipinski definition) is 2. The molecule has 3 aromatic carbocycles. The Morgan fingerprint density at radius 3 is 2.70 bits per heavy atom. The number of hydrogen-bond acceptors (Lipinski definition) is 6. The Kier molecular flexibility index (Phi) is 7.50. The molecule has 2 N–H and O–H groups in total. The van der Waals surface area contributed by atoms with Crippen molar-refractivity contribution in [3.63, 3.8) is 0 Å². The fraction of sp³-hybridized carbons (Fsp3) is 0.192. The average Bonchev–Trinajstić information content (AvgIpc) is 3.32. The van der Waals surface area contributed by atoms with E-state index in [1.165, 1.54) is 0 Å². The van der Waals surface area contributed by atoms with Crippen molar-refractivity contribution in [1.29, 1.82) is 0 Å². The van der Waals surface area contributed by atoms with Crippen LogP contribution in [0.3, 0.4) is 0 Å². The Hall–Kier alpha value is -3.48. The van der Waals surface area contributed by atoms with Gasteiger partial charge >= 0.3 is 0 Å². The second kappa shape index (κ2) is 10.9. The number of aromatic nitrogens is 1. The summed E-state index contributed by atoms with van der Waals surface area (Å²) in [6, 6.07) is 23.8. The maximum Gasteiger partial charge on any atom is 0.231 e. The number of fused-ring (bicyclic) bond motifs is 2. The summed E-state index contributed by atoms with van der Waals surface area (Å²) in [4.78, 5) is 4.51. The lowest BCUT2D eigenvalue weighted by Gasteiger charge is -2.12. The second-order valence-electron chi connectivity index (χ2n) is 7.56.